The predicted molar refractivity (Wildman–Crippen MR) is 78.0 cm³/mol. The molecule has 1 aliphatic carbocycles. The van der Waals surface area contributed by atoms with Gasteiger partial charge in [0.25, 0.3) is 0 Å². The number of amides is 2. The van der Waals surface area contributed by atoms with E-state index >= 15 is 0 Å². The summed E-state index contributed by atoms with van der Waals surface area (Å²) in [5, 5.41) is 15.1. The van der Waals surface area contributed by atoms with E-state index in [1.807, 2.05) is 0 Å². The van der Waals surface area contributed by atoms with Crippen LogP contribution in [0, 0.1) is 5.92 Å². The standard InChI is InChI=1S/C15H25N3O3/c1-15(13(19)20,10-4-5-10)17-14(21)16-11-6-8-18-7-2-3-12(18)9-11/h10-12H,2-9H2,1H3,(H,19,20)(H2,16,17,21). The zero-order valence-electron chi connectivity index (χ0n) is 12.6. The summed E-state index contributed by atoms with van der Waals surface area (Å²) in [5.74, 6) is -0.872. The highest BCUT2D eigenvalue weighted by molar-refractivity contribution is 5.86. The van der Waals surface area contributed by atoms with E-state index < -0.39 is 11.5 Å². The molecule has 21 heavy (non-hydrogen) atoms. The third kappa shape index (κ3) is 3.00. The third-order valence-corrected chi connectivity index (χ3v) is 5.37. The number of aliphatic carboxylic acids is 1. The highest BCUT2D eigenvalue weighted by Crippen LogP contribution is 2.39. The van der Waals surface area contributed by atoms with Crippen LogP contribution in [0.25, 0.3) is 0 Å². The van der Waals surface area contributed by atoms with Crippen molar-refractivity contribution in [3.8, 4) is 0 Å². The van der Waals surface area contributed by atoms with Gasteiger partial charge >= 0.3 is 12.0 Å². The third-order valence-electron chi connectivity index (χ3n) is 5.37. The van der Waals surface area contributed by atoms with Gasteiger partial charge in [-0.05, 0) is 57.9 Å². The van der Waals surface area contributed by atoms with Crippen LogP contribution >= 0.6 is 0 Å². The molecule has 0 radical (unpaired) electrons. The second-order valence-corrected chi connectivity index (χ2v) is 6.93. The van der Waals surface area contributed by atoms with Crippen molar-refractivity contribution >= 4 is 12.0 Å². The Kier molecular flexibility index (Phi) is 3.82. The average molecular weight is 295 g/mol. The van der Waals surface area contributed by atoms with Crippen molar-refractivity contribution in [1.29, 1.82) is 0 Å². The van der Waals surface area contributed by atoms with Gasteiger partial charge in [0.2, 0.25) is 0 Å². The zero-order valence-corrected chi connectivity index (χ0v) is 12.6. The maximum Gasteiger partial charge on any atom is 0.329 e. The monoisotopic (exact) mass is 295 g/mol. The van der Waals surface area contributed by atoms with Gasteiger partial charge in [0, 0.05) is 18.6 Å². The molecule has 0 aromatic heterocycles. The molecule has 6 heteroatoms. The number of nitrogens with zero attached hydrogens (tertiary/aromatic N) is 1. The molecule has 1 saturated carbocycles. The number of nitrogens with one attached hydrogen (secondary N) is 2. The van der Waals surface area contributed by atoms with Gasteiger partial charge in [0.1, 0.15) is 5.54 Å². The lowest BCUT2D eigenvalue weighted by atomic mass is 9.96. The van der Waals surface area contributed by atoms with Crippen molar-refractivity contribution in [3.63, 3.8) is 0 Å². The number of carbonyl (C=O) groups excluding carboxylic acids is 1. The van der Waals surface area contributed by atoms with Crippen molar-refractivity contribution in [2.75, 3.05) is 13.1 Å². The number of fused-ring (bicyclic) bond motifs is 1. The van der Waals surface area contributed by atoms with Gasteiger partial charge in [-0.1, -0.05) is 0 Å². The van der Waals surface area contributed by atoms with Gasteiger partial charge in [-0.15, -0.1) is 0 Å². The van der Waals surface area contributed by atoms with Crippen LogP contribution in [0.1, 0.15) is 45.4 Å². The van der Waals surface area contributed by atoms with Gasteiger partial charge in [-0.3, -0.25) is 0 Å². The first-order valence-corrected chi connectivity index (χ1v) is 8.05. The van der Waals surface area contributed by atoms with Crippen LogP contribution in [0.15, 0.2) is 0 Å². The minimum atomic E-state index is -1.13. The molecule has 2 heterocycles. The lowest BCUT2D eigenvalue weighted by Crippen LogP contribution is -2.59. The van der Waals surface area contributed by atoms with Crippen LogP contribution in [0.4, 0.5) is 4.79 Å². The smallest absolute Gasteiger partial charge is 0.329 e. The molecular formula is C15H25N3O3. The molecule has 6 nitrogen and oxygen atoms in total. The Labute approximate surface area is 125 Å². The number of rotatable bonds is 4. The Morgan fingerprint density at radius 1 is 1.19 bits per heavy atom. The summed E-state index contributed by atoms with van der Waals surface area (Å²) in [6.45, 7) is 3.84. The molecule has 3 aliphatic rings. The minimum absolute atomic E-state index is 0.0671. The fourth-order valence-electron chi connectivity index (χ4n) is 3.80. The molecule has 0 bridgehead atoms. The topological polar surface area (TPSA) is 81.7 Å². The molecule has 2 amide bonds. The molecule has 2 saturated heterocycles. The number of piperidine rings is 1. The van der Waals surface area contributed by atoms with Gasteiger partial charge < -0.3 is 20.6 Å². The number of carboxylic acids is 1. The van der Waals surface area contributed by atoms with Crippen LogP contribution in [0.5, 0.6) is 0 Å². The summed E-state index contributed by atoms with van der Waals surface area (Å²) in [4.78, 5) is 26.1. The van der Waals surface area contributed by atoms with Crippen molar-refractivity contribution in [2.45, 2.75) is 63.1 Å². The van der Waals surface area contributed by atoms with Crippen molar-refractivity contribution in [2.24, 2.45) is 5.92 Å². The van der Waals surface area contributed by atoms with E-state index in [1.54, 1.807) is 6.92 Å². The second-order valence-electron chi connectivity index (χ2n) is 6.93. The molecule has 0 aromatic rings. The minimum Gasteiger partial charge on any atom is -0.480 e. The number of carbonyl (C=O) groups is 2. The zero-order chi connectivity index (χ0) is 15.0. The number of hydrogen-bond donors (Lipinski definition) is 3. The van der Waals surface area contributed by atoms with Gasteiger partial charge in [-0.2, -0.15) is 0 Å². The van der Waals surface area contributed by atoms with Crippen molar-refractivity contribution in [3.05, 3.63) is 0 Å². The van der Waals surface area contributed by atoms with Crippen LogP contribution < -0.4 is 10.6 Å². The number of hydrogen-bond acceptors (Lipinski definition) is 3. The summed E-state index contributed by atoms with van der Waals surface area (Å²) in [5.41, 5.74) is -1.13. The fourth-order valence-corrected chi connectivity index (χ4v) is 3.80. The predicted octanol–water partition coefficient (Wildman–Crippen LogP) is 1.17. The molecule has 3 rings (SSSR count). The lowest BCUT2D eigenvalue weighted by Gasteiger charge is -2.36. The largest absolute Gasteiger partial charge is 0.480 e. The first kappa shape index (κ1) is 14.6. The Hall–Kier alpha value is -1.30. The molecule has 118 valence electrons. The molecule has 3 N–H and O–H groups in total. The van der Waals surface area contributed by atoms with E-state index in [0.29, 0.717) is 6.04 Å². The highest BCUT2D eigenvalue weighted by atomic mass is 16.4. The molecule has 0 spiro atoms. The van der Waals surface area contributed by atoms with E-state index in [1.165, 1.54) is 19.4 Å². The van der Waals surface area contributed by atoms with Crippen LogP contribution in [-0.4, -0.2) is 52.7 Å². The molecule has 0 aromatic carbocycles. The summed E-state index contributed by atoms with van der Waals surface area (Å²) in [6.07, 6.45) is 6.17. The van der Waals surface area contributed by atoms with Crippen LogP contribution in [0.2, 0.25) is 0 Å². The van der Waals surface area contributed by atoms with Crippen molar-refractivity contribution in [1.82, 2.24) is 15.5 Å². The Bertz CT molecular complexity index is 438. The van der Waals surface area contributed by atoms with E-state index in [4.69, 9.17) is 0 Å². The molecule has 3 fully saturated rings. The Morgan fingerprint density at radius 2 is 1.95 bits per heavy atom. The highest BCUT2D eigenvalue weighted by Gasteiger charge is 2.48. The first-order valence-electron chi connectivity index (χ1n) is 8.05. The lowest BCUT2D eigenvalue weighted by molar-refractivity contribution is -0.144. The van der Waals surface area contributed by atoms with Crippen molar-refractivity contribution < 1.29 is 14.7 Å². The maximum atomic E-state index is 12.2. The quantitative estimate of drug-likeness (QED) is 0.727. The Balaban J connectivity index is 1.53. The van der Waals surface area contributed by atoms with Gasteiger partial charge in [-0.25, -0.2) is 9.59 Å². The normalized spacial score (nSPS) is 32.0. The van der Waals surface area contributed by atoms with E-state index in [-0.39, 0.29) is 18.0 Å². The molecule has 2 aliphatic heterocycles. The van der Waals surface area contributed by atoms with Crippen LogP contribution in [0.3, 0.4) is 0 Å². The summed E-state index contributed by atoms with van der Waals surface area (Å²) < 4.78 is 0. The fraction of sp³-hybridized carbons (Fsp3) is 0.867. The summed E-state index contributed by atoms with van der Waals surface area (Å²) in [6, 6.07) is 0.434. The summed E-state index contributed by atoms with van der Waals surface area (Å²) >= 11 is 0. The summed E-state index contributed by atoms with van der Waals surface area (Å²) in [7, 11) is 0. The van der Waals surface area contributed by atoms with Gasteiger partial charge in [0.15, 0.2) is 0 Å². The van der Waals surface area contributed by atoms with E-state index in [0.717, 1.165) is 32.2 Å². The molecule has 3 atom stereocenters. The molecular weight excluding hydrogens is 270 g/mol. The van der Waals surface area contributed by atoms with Gasteiger partial charge in [0.05, 0.1) is 0 Å². The van der Waals surface area contributed by atoms with Crippen LogP contribution in [-0.2, 0) is 4.79 Å². The SMILES string of the molecule is CC(NC(=O)NC1CCN2CCCC2C1)(C(=O)O)C1CC1. The molecule has 3 unspecified atom stereocenters. The number of urea groups is 1. The maximum absolute atomic E-state index is 12.2. The van der Waals surface area contributed by atoms with E-state index in [2.05, 4.69) is 15.5 Å². The Morgan fingerprint density at radius 3 is 2.62 bits per heavy atom. The van der Waals surface area contributed by atoms with E-state index in [9.17, 15) is 14.7 Å². The second kappa shape index (κ2) is 5.48. The first-order chi connectivity index (χ1) is 9.99. The number of carboxylic acid groups (broad SMARTS) is 1. The average Bonchev–Trinajstić information content (AvgIpc) is 3.18.